The number of halogens is 4. The van der Waals surface area contributed by atoms with Crippen LogP contribution in [0.5, 0.6) is 0 Å². The maximum absolute atomic E-state index is 13.5. The van der Waals surface area contributed by atoms with E-state index in [2.05, 4.69) is 4.98 Å². The highest BCUT2D eigenvalue weighted by molar-refractivity contribution is 6.42. The molecule has 3 heterocycles. The van der Waals surface area contributed by atoms with Gasteiger partial charge in [0.15, 0.2) is 0 Å². The number of nitrogens with zero attached hydrogens (tertiary/aromatic N) is 4. The molecular formula is C26H28Cl4N4O3. The number of hydrogen-bond donors (Lipinski definition) is 0. The molecule has 7 nitrogen and oxygen atoms in total. The van der Waals surface area contributed by atoms with Gasteiger partial charge in [-0.15, -0.1) is 0 Å². The minimum absolute atomic E-state index is 0.0382. The maximum atomic E-state index is 13.5. The molecule has 2 saturated heterocycles. The van der Waals surface area contributed by atoms with Crippen molar-refractivity contribution in [3.05, 3.63) is 61.8 Å². The highest BCUT2D eigenvalue weighted by Gasteiger charge is 2.39. The monoisotopic (exact) mass is 584 g/mol. The molecule has 0 bridgehead atoms. The van der Waals surface area contributed by atoms with Gasteiger partial charge in [-0.25, -0.2) is 4.98 Å². The van der Waals surface area contributed by atoms with E-state index in [1.807, 2.05) is 11.0 Å². The van der Waals surface area contributed by atoms with Crippen molar-refractivity contribution in [2.24, 2.45) is 5.92 Å². The minimum Gasteiger partial charge on any atom is -0.343 e. The summed E-state index contributed by atoms with van der Waals surface area (Å²) in [7, 11) is 1.75. The van der Waals surface area contributed by atoms with Crippen molar-refractivity contribution in [3.8, 4) is 0 Å². The Morgan fingerprint density at radius 2 is 1.59 bits per heavy atom. The van der Waals surface area contributed by atoms with E-state index in [1.54, 1.807) is 35.9 Å². The van der Waals surface area contributed by atoms with E-state index >= 15 is 0 Å². The summed E-state index contributed by atoms with van der Waals surface area (Å²) in [5.41, 5.74) is 1.23. The topological polar surface area (TPSA) is 73.8 Å². The number of likely N-dealkylation sites (tertiary alicyclic amines) is 2. The second kappa shape index (κ2) is 11.8. The van der Waals surface area contributed by atoms with Gasteiger partial charge >= 0.3 is 0 Å². The summed E-state index contributed by atoms with van der Waals surface area (Å²) in [5, 5.41) is 1.20. The zero-order chi connectivity index (χ0) is 26.9. The number of amides is 3. The van der Waals surface area contributed by atoms with Crippen molar-refractivity contribution < 1.29 is 14.4 Å². The summed E-state index contributed by atoms with van der Waals surface area (Å²) >= 11 is 24.6. The molecule has 2 aliphatic heterocycles. The number of piperidine rings is 2. The molecular weight excluding hydrogens is 558 g/mol. The van der Waals surface area contributed by atoms with E-state index < -0.39 is 0 Å². The van der Waals surface area contributed by atoms with Crippen LogP contribution in [0.25, 0.3) is 0 Å². The molecule has 2 atom stereocenters. The predicted molar refractivity (Wildman–Crippen MR) is 146 cm³/mol. The summed E-state index contributed by atoms with van der Waals surface area (Å²) in [6.45, 7) is 3.69. The molecule has 0 spiro atoms. The first kappa shape index (κ1) is 28.0. The molecule has 2 aliphatic rings. The Bertz CT molecular complexity index is 1200. The van der Waals surface area contributed by atoms with E-state index in [-0.39, 0.29) is 45.8 Å². The third-order valence-corrected chi connectivity index (χ3v) is 8.84. The van der Waals surface area contributed by atoms with Crippen LogP contribution in [0.3, 0.4) is 0 Å². The quantitative estimate of drug-likeness (QED) is 0.450. The Morgan fingerprint density at radius 1 is 0.919 bits per heavy atom. The van der Waals surface area contributed by atoms with Crippen molar-refractivity contribution in [1.82, 2.24) is 19.7 Å². The van der Waals surface area contributed by atoms with E-state index in [0.29, 0.717) is 61.1 Å². The van der Waals surface area contributed by atoms with Gasteiger partial charge in [-0.2, -0.15) is 0 Å². The highest BCUT2D eigenvalue weighted by atomic mass is 35.5. The second-order valence-corrected chi connectivity index (χ2v) is 11.2. The van der Waals surface area contributed by atoms with E-state index in [0.717, 1.165) is 5.56 Å². The second-order valence-electron chi connectivity index (χ2n) is 9.61. The number of carbonyl (C=O) groups excluding carboxylic acids is 3. The van der Waals surface area contributed by atoms with Gasteiger partial charge < -0.3 is 14.7 Å². The van der Waals surface area contributed by atoms with Gasteiger partial charge in [0, 0.05) is 64.2 Å². The maximum Gasteiger partial charge on any atom is 0.255 e. The number of carbonyl (C=O) groups is 3. The average molecular weight is 586 g/mol. The van der Waals surface area contributed by atoms with Gasteiger partial charge in [0.05, 0.1) is 20.6 Å². The van der Waals surface area contributed by atoms with Crippen LogP contribution >= 0.6 is 46.4 Å². The van der Waals surface area contributed by atoms with Gasteiger partial charge in [0.2, 0.25) is 11.8 Å². The van der Waals surface area contributed by atoms with Gasteiger partial charge in [-0.05, 0) is 43.0 Å². The number of benzene rings is 1. The summed E-state index contributed by atoms with van der Waals surface area (Å²) in [6, 6.07) is 6.74. The molecule has 0 radical (unpaired) electrons. The Hall–Kier alpha value is -2.06. The number of aromatic nitrogens is 1. The SMILES string of the molecule is CC(=O)N1CCC(C(=O)N2CC[C@@H](N(C)C(=O)c3cnc(Cl)c(Cl)c3)[C@H](c3ccc(Cl)c(Cl)c3)C2)CC1. The Labute approximate surface area is 236 Å². The van der Waals surface area contributed by atoms with E-state index in [4.69, 9.17) is 46.4 Å². The number of likely N-dealkylation sites (N-methyl/N-ethyl adjacent to an activating group) is 1. The summed E-state index contributed by atoms with van der Waals surface area (Å²) < 4.78 is 0. The molecule has 0 N–H and O–H groups in total. The molecule has 2 fully saturated rings. The van der Waals surface area contributed by atoms with E-state index in [9.17, 15) is 14.4 Å². The lowest BCUT2D eigenvalue weighted by atomic mass is 9.83. The number of pyridine rings is 1. The molecule has 0 saturated carbocycles. The smallest absolute Gasteiger partial charge is 0.255 e. The van der Waals surface area contributed by atoms with Crippen molar-refractivity contribution in [2.45, 2.75) is 38.1 Å². The van der Waals surface area contributed by atoms with Crippen LogP contribution in [0.1, 0.15) is 48.0 Å². The lowest BCUT2D eigenvalue weighted by molar-refractivity contribution is -0.141. The third kappa shape index (κ3) is 6.17. The first-order chi connectivity index (χ1) is 17.6. The van der Waals surface area contributed by atoms with Crippen LogP contribution in [0.4, 0.5) is 0 Å². The highest BCUT2D eigenvalue weighted by Crippen LogP contribution is 2.36. The van der Waals surface area contributed by atoms with Crippen LogP contribution < -0.4 is 0 Å². The number of hydrogen-bond acceptors (Lipinski definition) is 4. The number of rotatable bonds is 4. The molecule has 3 amide bonds. The standard InChI is InChI=1S/C26H28Cl4N4O3/c1-15(35)33-8-5-16(6-9-33)26(37)34-10-7-23(19(14-34)17-3-4-20(27)21(28)11-17)32(2)25(36)18-12-22(29)24(30)31-13-18/h3-4,11-13,16,19,23H,5-10,14H2,1-2H3/t19-,23+/m0/s1. The molecule has 0 unspecified atom stereocenters. The van der Waals surface area contributed by atoms with Crippen LogP contribution in [-0.2, 0) is 9.59 Å². The van der Waals surface area contributed by atoms with Crippen molar-refractivity contribution in [1.29, 1.82) is 0 Å². The minimum atomic E-state index is -0.238. The molecule has 1 aromatic carbocycles. The Morgan fingerprint density at radius 3 is 2.22 bits per heavy atom. The molecule has 37 heavy (non-hydrogen) atoms. The molecule has 4 rings (SSSR count). The van der Waals surface area contributed by atoms with Gasteiger partial charge in [0.25, 0.3) is 5.91 Å². The third-order valence-electron chi connectivity index (χ3n) is 7.41. The average Bonchev–Trinajstić information content (AvgIpc) is 2.90. The van der Waals surface area contributed by atoms with Gasteiger partial charge in [0.1, 0.15) is 5.15 Å². The largest absolute Gasteiger partial charge is 0.343 e. The van der Waals surface area contributed by atoms with Crippen LogP contribution in [0, 0.1) is 5.92 Å². The van der Waals surface area contributed by atoms with Crippen LogP contribution in [-0.4, -0.2) is 76.7 Å². The first-order valence-corrected chi connectivity index (χ1v) is 13.7. The Balaban J connectivity index is 1.56. The molecule has 1 aromatic heterocycles. The molecule has 2 aromatic rings. The van der Waals surface area contributed by atoms with Crippen molar-refractivity contribution >= 4 is 64.1 Å². The summed E-state index contributed by atoms with van der Waals surface area (Å²) in [6.07, 6.45) is 3.30. The van der Waals surface area contributed by atoms with Crippen molar-refractivity contribution in [3.63, 3.8) is 0 Å². The zero-order valence-corrected chi connectivity index (χ0v) is 23.6. The fourth-order valence-corrected chi connectivity index (χ4v) is 5.84. The van der Waals surface area contributed by atoms with Gasteiger partial charge in [-0.1, -0.05) is 52.5 Å². The van der Waals surface area contributed by atoms with E-state index in [1.165, 1.54) is 12.3 Å². The van der Waals surface area contributed by atoms with Crippen molar-refractivity contribution in [2.75, 3.05) is 33.2 Å². The normalized spacial score (nSPS) is 20.6. The fourth-order valence-electron chi connectivity index (χ4n) is 5.27. The summed E-state index contributed by atoms with van der Waals surface area (Å²) in [4.78, 5) is 47.9. The lowest BCUT2D eigenvalue weighted by Gasteiger charge is -2.44. The Kier molecular flexibility index (Phi) is 8.89. The fraction of sp³-hybridized carbons (Fsp3) is 0.462. The van der Waals surface area contributed by atoms with Gasteiger partial charge in [-0.3, -0.25) is 14.4 Å². The molecule has 0 aliphatic carbocycles. The molecule has 11 heteroatoms. The predicted octanol–water partition coefficient (Wildman–Crippen LogP) is 5.41. The molecule has 198 valence electrons. The first-order valence-electron chi connectivity index (χ1n) is 12.1. The van der Waals surface area contributed by atoms with Crippen LogP contribution in [0.2, 0.25) is 20.2 Å². The van der Waals surface area contributed by atoms with Crippen LogP contribution in [0.15, 0.2) is 30.5 Å². The summed E-state index contributed by atoms with van der Waals surface area (Å²) in [5.74, 6) is -0.416. The lowest BCUT2D eigenvalue weighted by Crippen LogP contribution is -2.53. The zero-order valence-electron chi connectivity index (χ0n) is 20.6.